The highest BCUT2D eigenvalue weighted by Gasteiger charge is 2.09. The van der Waals surface area contributed by atoms with Gasteiger partial charge in [-0.3, -0.25) is 0 Å². The monoisotopic (exact) mass is 213 g/mol. The molecular formula is C10H15NO2S. The van der Waals surface area contributed by atoms with Crippen molar-refractivity contribution in [1.82, 2.24) is 0 Å². The smallest absolute Gasteiger partial charge is 0.123 e. The molecule has 1 rings (SSSR count). The summed E-state index contributed by atoms with van der Waals surface area (Å²) in [5, 5.41) is 0. The number of benzene rings is 1. The molecule has 78 valence electrons. The number of aryl methyl sites for hydroxylation is 1. The molecule has 4 heteroatoms. The summed E-state index contributed by atoms with van der Waals surface area (Å²) in [6, 6.07) is 5.25. The van der Waals surface area contributed by atoms with Crippen LogP contribution in [0.3, 0.4) is 0 Å². The summed E-state index contributed by atoms with van der Waals surface area (Å²) in [5.74, 6) is 1.02. The molecule has 1 aromatic carbocycles. The highest BCUT2D eigenvalue weighted by molar-refractivity contribution is 7.92. The third-order valence-corrected chi connectivity index (χ3v) is 4.00. The number of ether oxygens (including phenoxy) is 1. The first-order chi connectivity index (χ1) is 6.51. The van der Waals surface area contributed by atoms with Crippen molar-refractivity contribution in [3.8, 4) is 5.75 Å². The molecule has 0 bridgehead atoms. The van der Waals surface area contributed by atoms with Crippen molar-refractivity contribution in [3.63, 3.8) is 0 Å². The summed E-state index contributed by atoms with van der Waals surface area (Å²) in [6.07, 6.45) is 0. The molecule has 1 N–H and O–H groups in total. The van der Waals surface area contributed by atoms with Crippen LogP contribution in [0.2, 0.25) is 0 Å². The van der Waals surface area contributed by atoms with Gasteiger partial charge in [-0.2, -0.15) is 0 Å². The second kappa shape index (κ2) is 4.00. The van der Waals surface area contributed by atoms with Gasteiger partial charge in [0.15, 0.2) is 0 Å². The minimum absolute atomic E-state index is 0.333. The van der Waals surface area contributed by atoms with E-state index in [1.807, 2.05) is 13.0 Å². The fourth-order valence-corrected chi connectivity index (χ4v) is 2.09. The molecule has 0 aromatic heterocycles. The van der Waals surface area contributed by atoms with E-state index in [9.17, 15) is 4.21 Å². The van der Waals surface area contributed by atoms with Gasteiger partial charge in [0.2, 0.25) is 0 Å². The van der Waals surface area contributed by atoms with Gasteiger partial charge in [0, 0.05) is 5.75 Å². The van der Waals surface area contributed by atoms with E-state index in [0.29, 0.717) is 16.4 Å². The Morgan fingerprint density at radius 3 is 2.64 bits per heavy atom. The molecule has 0 aliphatic rings. The van der Waals surface area contributed by atoms with Gasteiger partial charge in [-0.05, 0) is 24.6 Å². The van der Waals surface area contributed by atoms with E-state index < -0.39 is 9.73 Å². The SMILES string of the molecule is CCS(=N)(=O)c1ccc(C)c(OC)c1. The van der Waals surface area contributed by atoms with Crippen LogP contribution in [0.25, 0.3) is 0 Å². The molecule has 1 aromatic rings. The lowest BCUT2D eigenvalue weighted by Gasteiger charge is -2.08. The zero-order chi connectivity index (χ0) is 10.8. The predicted octanol–water partition coefficient (Wildman–Crippen LogP) is 2.43. The molecule has 0 saturated heterocycles. The highest BCUT2D eigenvalue weighted by Crippen LogP contribution is 2.22. The Morgan fingerprint density at radius 1 is 1.50 bits per heavy atom. The predicted molar refractivity (Wildman–Crippen MR) is 57.4 cm³/mol. The fourth-order valence-electron chi connectivity index (χ4n) is 1.17. The maximum Gasteiger partial charge on any atom is 0.123 e. The lowest BCUT2D eigenvalue weighted by Crippen LogP contribution is -2.02. The second-order valence-electron chi connectivity index (χ2n) is 3.10. The van der Waals surface area contributed by atoms with Crippen molar-refractivity contribution in [3.05, 3.63) is 23.8 Å². The molecule has 1 unspecified atom stereocenters. The van der Waals surface area contributed by atoms with E-state index in [1.54, 1.807) is 26.2 Å². The van der Waals surface area contributed by atoms with Crippen molar-refractivity contribution in [2.24, 2.45) is 0 Å². The van der Waals surface area contributed by atoms with Crippen LogP contribution in [-0.2, 0) is 9.73 Å². The highest BCUT2D eigenvalue weighted by atomic mass is 32.2. The summed E-state index contributed by atoms with van der Waals surface area (Å²) in [5.41, 5.74) is 0.988. The zero-order valence-electron chi connectivity index (χ0n) is 8.66. The van der Waals surface area contributed by atoms with E-state index in [0.717, 1.165) is 5.56 Å². The van der Waals surface area contributed by atoms with E-state index in [4.69, 9.17) is 9.52 Å². The van der Waals surface area contributed by atoms with Crippen LogP contribution in [0.15, 0.2) is 23.1 Å². The first-order valence-electron chi connectivity index (χ1n) is 4.42. The number of methoxy groups -OCH3 is 1. The number of hydrogen-bond acceptors (Lipinski definition) is 3. The lowest BCUT2D eigenvalue weighted by molar-refractivity contribution is 0.410. The van der Waals surface area contributed by atoms with Crippen LogP contribution in [0.5, 0.6) is 5.75 Å². The maximum absolute atomic E-state index is 11.7. The summed E-state index contributed by atoms with van der Waals surface area (Å²) in [6.45, 7) is 3.67. The Morgan fingerprint density at radius 2 is 2.14 bits per heavy atom. The van der Waals surface area contributed by atoms with Crippen LogP contribution >= 0.6 is 0 Å². The summed E-state index contributed by atoms with van der Waals surface area (Å²) < 4.78 is 24.5. The Hall–Kier alpha value is -1.03. The topological polar surface area (TPSA) is 50.2 Å². The number of rotatable bonds is 3. The molecule has 0 aliphatic heterocycles. The Labute approximate surface area is 85.1 Å². The minimum atomic E-state index is -2.63. The fraction of sp³-hybridized carbons (Fsp3) is 0.400. The first-order valence-corrected chi connectivity index (χ1v) is 6.15. The molecule has 14 heavy (non-hydrogen) atoms. The van der Waals surface area contributed by atoms with E-state index in [1.165, 1.54) is 0 Å². The normalized spacial score (nSPS) is 14.8. The Kier molecular flexibility index (Phi) is 3.16. The summed E-state index contributed by atoms with van der Waals surface area (Å²) in [4.78, 5) is 0.544. The average Bonchev–Trinajstić information content (AvgIpc) is 2.18. The van der Waals surface area contributed by atoms with Gasteiger partial charge in [-0.25, -0.2) is 8.99 Å². The van der Waals surface area contributed by atoms with Crippen molar-refractivity contribution in [2.45, 2.75) is 18.7 Å². The summed E-state index contributed by atoms with van der Waals surface area (Å²) in [7, 11) is -1.05. The lowest BCUT2D eigenvalue weighted by atomic mass is 10.2. The molecule has 3 nitrogen and oxygen atoms in total. The van der Waals surface area contributed by atoms with Crippen molar-refractivity contribution < 1.29 is 8.95 Å². The van der Waals surface area contributed by atoms with Gasteiger partial charge < -0.3 is 4.74 Å². The van der Waals surface area contributed by atoms with Crippen LogP contribution in [-0.4, -0.2) is 17.1 Å². The zero-order valence-corrected chi connectivity index (χ0v) is 9.48. The molecule has 0 aliphatic carbocycles. The van der Waals surface area contributed by atoms with Crippen molar-refractivity contribution in [1.29, 1.82) is 4.78 Å². The van der Waals surface area contributed by atoms with E-state index >= 15 is 0 Å². The van der Waals surface area contributed by atoms with Gasteiger partial charge >= 0.3 is 0 Å². The minimum Gasteiger partial charge on any atom is -0.496 e. The van der Waals surface area contributed by atoms with Gasteiger partial charge in [0.1, 0.15) is 5.75 Å². The molecule has 1 atom stereocenters. The maximum atomic E-state index is 11.7. The quantitative estimate of drug-likeness (QED) is 0.838. The first kappa shape index (κ1) is 11.0. The van der Waals surface area contributed by atoms with Crippen LogP contribution in [0.4, 0.5) is 0 Å². The van der Waals surface area contributed by atoms with E-state index in [-0.39, 0.29) is 0 Å². The molecule has 0 saturated carbocycles. The number of nitrogens with one attached hydrogen (secondary N) is 1. The Balaban J connectivity index is 3.26. The van der Waals surface area contributed by atoms with Gasteiger partial charge in [-0.15, -0.1) is 0 Å². The number of hydrogen-bond donors (Lipinski definition) is 1. The van der Waals surface area contributed by atoms with Gasteiger partial charge in [0.25, 0.3) is 0 Å². The molecule has 0 fully saturated rings. The van der Waals surface area contributed by atoms with Gasteiger partial charge in [-0.1, -0.05) is 13.0 Å². The summed E-state index contributed by atoms with van der Waals surface area (Å²) >= 11 is 0. The second-order valence-corrected chi connectivity index (χ2v) is 5.49. The third kappa shape index (κ3) is 2.07. The molecule has 0 heterocycles. The van der Waals surface area contributed by atoms with Crippen molar-refractivity contribution in [2.75, 3.05) is 12.9 Å². The standard InChI is InChI=1S/C10H15NO2S/c1-4-14(11,12)9-6-5-8(2)10(7-9)13-3/h5-7,11H,4H2,1-3H3. The molecule has 0 spiro atoms. The largest absolute Gasteiger partial charge is 0.496 e. The van der Waals surface area contributed by atoms with Gasteiger partial charge in [0.05, 0.1) is 21.7 Å². The molecule has 0 amide bonds. The van der Waals surface area contributed by atoms with E-state index in [2.05, 4.69) is 0 Å². The molecule has 0 radical (unpaired) electrons. The Bertz CT molecular complexity index is 424. The third-order valence-electron chi connectivity index (χ3n) is 2.17. The van der Waals surface area contributed by atoms with Crippen LogP contribution in [0, 0.1) is 11.7 Å². The van der Waals surface area contributed by atoms with Crippen LogP contribution in [0.1, 0.15) is 12.5 Å². The van der Waals surface area contributed by atoms with Crippen molar-refractivity contribution >= 4 is 9.73 Å². The molecular weight excluding hydrogens is 198 g/mol. The van der Waals surface area contributed by atoms with Crippen LogP contribution < -0.4 is 4.74 Å². The average molecular weight is 213 g/mol.